The molecule has 22 heavy (non-hydrogen) atoms. The van der Waals surface area contributed by atoms with E-state index in [4.69, 9.17) is 0 Å². The van der Waals surface area contributed by atoms with Crippen molar-refractivity contribution < 1.29 is 0 Å². The molecule has 3 rings (SSSR count). The Morgan fingerprint density at radius 2 is 2.18 bits per heavy atom. The van der Waals surface area contributed by atoms with Gasteiger partial charge in [-0.25, -0.2) is 4.68 Å². The van der Waals surface area contributed by atoms with E-state index >= 15 is 0 Å². The van der Waals surface area contributed by atoms with Crippen LogP contribution < -0.4 is 10.2 Å². The minimum Gasteiger partial charge on any atom is -0.381 e. The molecular weight excluding hydrogens is 296 g/mol. The van der Waals surface area contributed by atoms with Crippen molar-refractivity contribution in [2.75, 3.05) is 24.3 Å². The second kappa shape index (κ2) is 6.15. The number of aryl methyl sites for hydroxylation is 1. The van der Waals surface area contributed by atoms with Crippen LogP contribution in [-0.4, -0.2) is 33.2 Å². The van der Waals surface area contributed by atoms with Crippen molar-refractivity contribution in [2.45, 2.75) is 13.5 Å². The number of anilines is 2. The van der Waals surface area contributed by atoms with Crippen LogP contribution in [0.3, 0.4) is 0 Å². The number of nitrogens with one attached hydrogen (secondary N) is 1. The van der Waals surface area contributed by atoms with Gasteiger partial charge in [0.2, 0.25) is 5.95 Å². The summed E-state index contributed by atoms with van der Waals surface area (Å²) in [5, 5.41) is 9.94. The zero-order valence-electron chi connectivity index (χ0n) is 12.8. The molecule has 0 aliphatic heterocycles. The monoisotopic (exact) mass is 314 g/mol. The first-order valence-corrected chi connectivity index (χ1v) is 7.80. The standard InChI is InChI=1S/C15H18N6S/c1-11-12(9-22-19-11)8-16-13-5-4-6-14(7-13)21-10-17-15(18-21)20(2)3/h4-7,9-10,16H,8H2,1-3H3. The van der Waals surface area contributed by atoms with E-state index in [9.17, 15) is 0 Å². The third-order valence-electron chi connectivity index (χ3n) is 3.32. The van der Waals surface area contributed by atoms with E-state index in [2.05, 4.69) is 31.2 Å². The van der Waals surface area contributed by atoms with E-state index in [0.717, 1.165) is 23.6 Å². The zero-order chi connectivity index (χ0) is 15.5. The van der Waals surface area contributed by atoms with Gasteiger partial charge in [0.15, 0.2) is 0 Å². The summed E-state index contributed by atoms with van der Waals surface area (Å²) in [6.07, 6.45) is 1.72. The Morgan fingerprint density at radius 3 is 2.86 bits per heavy atom. The van der Waals surface area contributed by atoms with Gasteiger partial charge >= 0.3 is 0 Å². The maximum atomic E-state index is 4.44. The Bertz CT molecular complexity index is 761. The Labute approximate surface area is 133 Å². The number of aromatic nitrogens is 4. The first-order chi connectivity index (χ1) is 10.6. The molecule has 0 aliphatic rings. The van der Waals surface area contributed by atoms with Gasteiger partial charge in [-0.05, 0) is 36.7 Å². The van der Waals surface area contributed by atoms with Gasteiger partial charge in [0.1, 0.15) is 6.33 Å². The predicted octanol–water partition coefficient (Wildman–Crippen LogP) is 2.71. The summed E-state index contributed by atoms with van der Waals surface area (Å²) in [7, 11) is 3.85. The van der Waals surface area contributed by atoms with Gasteiger partial charge in [-0.15, -0.1) is 5.10 Å². The average molecular weight is 314 g/mol. The SMILES string of the molecule is Cc1nscc1CNc1cccc(-n2cnc(N(C)C)n2)c1. The summed E-state index contributed by atoms with van der Waals surface area (Å²) < 4.78 is 6.06. The van der Waals surface area contributed by atoms with Crippen LogP contribution in [0.4, 0.5) is 11.6 Å². The molecule has 0 amide bonds. The first-order valence-electron chi connectivity index (χ1n) is 6.96. The first kappa shape index (κ1) is 14.5. The fraction of sp³-hybridized carbons (Fsp3) is 0.267. The Morgan fingerprint density at radius 1 is 1.32 bits per heavy atom. The third-order valence-corrected chi connectivity index (χ3v) is 4.09. The lowest BCUT2D eigenvalue weighted by Gasteiger charge is -2.08. The van der Waals surface area contributed by atoms with Crippen LogP contribution >= 0.6 is 11.5 Å². The smallest absolute Gasteiger partial charge is 0.244 e. The number of hydrogen-bond donors (Lipinski definition) is 1. The lowest BCUT2D eigenvalue weighted by molar-refractivity contribution is 0.865. The van der Waals surface area contributed by atoms with Crippen molar-refractivity contribution in [3.63, 3.8) is 0 Å². The van der Waals surface area contributed by atoms with E-state index < -0.39 is 0 Å². The largest absolute Gasteiger partial charge is 0.381 e. The summed E-state index contributed by atoms with van der Waals surface area (Å²) in [5.74, 6) is 0.693. The number of rotatable bonds is 5. The lowest BCUT2D eigenvalue weighted by atomic mass is 10.2. The van der Waals surface area contributed by atoms with Crippen LogP contribution in [0, 0.1) is 6.92 Å². The van der Waals surface area contributed by atoms with Crippen LogP contribution in [0.1, 0.15) is 11.3 Å². The van der Waals surface area contributed by atoms with Crippen LogP contribution in [0.25, 0.3) is 5.69 Å². The number of nitrogens with zero attached hydrogens (tertiary/aromatic N) is 5. The van der Waals surface area contributed by atoms with Crippen molar-refractivity contribution in [3.8, 4) is 5.69 Å². The quantitative estimate of drug-likeness (QED) is 0.784. The van der Waals surface area contributed by atoms with E-state index in [-0.39, 0.29) is 0 Å². The summed E-state index contributed by atoms with van der Waals surface area (Å²) in [6.45, 7) is 2.80. The molecule has 0 bridgehead atoms. The fourth-order valence-corrected chi connectivity index (χ4v) is 2.73. The zero-order valence-corrected chi connectivity index (χ0v) is 13.6. The van der Waals surface area contributed by atoms with Gasteiger partial charge in [0.05, 0.1) is 11.4 Å². The van der Waals surface area contributed by atoms with Crippen LogP contribution in [0.15, 0.2) is 36.0 Å². The van der Waals surface area contributed by atoms with E-state index in [1.165, 1.54) is 17.1 Å². The highest BCUT2D eigenvalue weighted by molar-refractivity contribution is 7.03. The highest BCUT2D eigenvalue weighted by Crippen LogP contribution is 2.17. The molecule has 0 spiro atoms. The molecule has 0 saturated heterocycles. The molecule has 2 aromatic heterocycles. The molecule has 0 atom stereocenters. The normalized spacial score (nSPS) is 10.7. The number of benzene rings is 1. The molecule has 1 aromatic carbocycles. The second-order valence-electron chi connectivity index (χ2n) is 5.21. The average Bonchev–Trinajstić information content (AvgIpc) is 3.14. The molecule has 0 aliphatic carbocycles. The van der Waals surface area contributed by atoms with Crippen LogP contribution in [0.2, 0.25) is 0 Å². The molecule has 114 valence electrons. The Kier molecular flexibility index (Phi) is 4.06. The molecule has 6 nitrogen and oxygen atoms in total. The van der Waals surface area contributed by atoms with Gasteiger partial charge in [-0.2, -0.15) is 9.36 Å². The Hall–Kier alpha value is -2.41. The van der Waals surface area contributed by atoms with E-state index in [0.29, 0.717) is 5.95 Å². The van der Waals surface area contributed by atoms with Crippen molar-refractivity contribution in [2.24, 2.45) is 0 Å². The highest BCUT2D eigenvalue weighted by atomic mass is 32.1. The Balaban J connectivity index is 1.75. The minimum atomic E-state index is 0.693. The number of hydrogen-bond acceptors (Lipinski definition) is 6. The van der Waals surface area contributed by atoms with Crippen molar-refractivity contribution in [1.29, 1.82) is 0 Å². The molecule has 0 unspecified atom stereocenters. The topological polar surface area (TPSA) is 58.9 Å². The third kappa shape index (κ3) is 3.09. The van der Waals surface area contributed by atoms with Crippen LogP contribution in [-0.2, 0) is 6.54 Å². The minimum absolute atomic E-state index is 0.693. The molecule has 2 heterocycles. The van der Waals surface area contributed by atoms with E-state index in [1.54, 1.807) is 11.0 Å². The second-order valence-corrected chi connectivity index (χ2v) is 5.84. The fourth-order valence-electron chi connectivity index (χ4n) is 2.02. The van der Waals surface area contributed by atoms with Gasteiger partial charge in [0.25, 0.3) is 0 Å². The lowest BCUT2D eigenvalue weighted by Crippen LogP contribution is -2.11. The van der Waals surface area contributed by atoms with Crippen molar-refractivity contribution in [1.82, 2.24) is 19.1 Å². The molecule has 0 saturated carbocycles. The summed E-state index contributed by atoms with van der Waals surface area (Å²) in [5.41, 5.74) is 4.34. The van der Waals surface area contributed by atoms with Gasteiger partial charge in [-0.1, -0.05) is 6.07 Å². The summed E-state index contributed by atoms with van der Waals surface area (Å²) in [4.78, 5) is 6.15. The van der Waals surface area contributed by atoms with Gasteiger partial charge in [-0.3, -0.25) is 0 Å². The molecule has 1 N–H and O–H groups in total. The van der Waals surface area contributed by atoms with Gasteiger partial charge < -0.3 is 10.2 Å². The van der Waals surface area contributed by atoms with E-state index in [1.807, 2.05) is 44.1 Å². The maximum Gasteiger partial charge on any atom is 0.244 e. The van der Waals surface area contributed by atoms with Crippen LogP contribution in [0.5, 0.6) is 0 Å². The predicted molar refractivity (Wildman–Crippen MR) is 89.9 cm³/mol. The molecule has 3 aromatic rings. The van der Waals surface area contributed by atoms with Gasteiger partial charge in [0, 0.05) is 37.3 Å². The summed E-state index contributed by atoms with van der Waals surface area (Å²) in [6, 6.07) is 8.12. The molecule has 7 heteroatoms. The highest BCUT2D eigenvalue weighted by Gasteiger charge is 2.05. The molecule has 0 fully saturated rings. The van der Waals surface area contributed by atoms with Crippen molar-refractivity contribution in [3.05, 3.63) is 47.2 Å². The summed E-state index contributed by atoms with van der Waals surface area (Å²) >= 11 is 1.49. The van der Waals surface area contributed by atoms with Crippen molar-refractivity contribution >= 4 is 23.2 Å². The molecular formula is C15H18N6S. The maximum absolute atomic E-state index is 4.44. The molecule has 0 radical (unpaired) electrons.